The maximum absolute atomic E-state index is 9.12. The first kappa shape index (κ1) is 13.9. The Morgan fingerprint density at radius 2 is 1.94 bits per heavy atom. The van der Waals surface area contributed by atoms with Gasteiger partial charge in [0, 0.05) is 38.8 Å². The molecule has 1 aliphatic heterocycles. The molecule has 1 N–H and O–H groups in total. The maximum atomic E-state index is 9.12. The number of nitrogens with zero attached hydrogens (tertiary/aromatic N) is 2. The lowest BCUT2D eigenvalue weighted by molar-refractivity contribution is 0.159. The fourth-order valence-corrected chi connectivity index (χ4v) is 2.78. The van der Waals surface area contributed by atoms with Crippen molar-refractivity contribution in [1.82, 2.24) is 9.80 Å². The van der Waals surface area contributed by atoms with Crippen molar-refractivity contribution < 1.29 is 5.11 Å². The van der Waals surface area contributed by atoms with Gasteiger partial charge in [0.25, 0.3) is 0 Å². The molecule has 2 unspecified atom stereocenters. The van der Waals surface area contributed by atoms with E-state index in [-0.39, 0.29) is 0 Å². The molecule has 1 heterocycles. The Balaban J connectivity index is 2.58. The van der Waals surface area contributed by atoms with Gasteiger partial charge in [0.2, 0.25) is 0 Å². The largest absolute Gasteiger partial charge is 0.396 e. The van der Waals surface area contributed by atoms with Gasteiger partial charge in [-0.2, -0.15) is 0 Å². The molecular formula is C13H28N2O. The number of likely N-dealkylation sites (N-methyl/N-ethyl adjacent to an activating group) is 1. The number of rotatable bonds is 4. The summed E-state index contributed by atoms with van der Waals surface area (Å²) in [5, 5.41) is 9.12. The molecule has 0 bridgehead atoms. The molecule has 16 heavy (non-hydrogen) atoms. The van der Waals surface area contributed by atoms with Gasteiger partial charge in [0.05, 0.1) is 0 Å². The van der Waals surface area contributed by atoms with Gasteiger partial charge in [-0.3, -0.25) is 0 Å². The van der Waals surface area contributed by atoms with Gasteiger partial charge in [0.1, 0.15) is 0 Å². The Kier molecular flexibility index (Phi) is 5.73. The molecular weight excluding hydrogens is 200 g/mol. The normalized spacial score (nSPS) is 29.6. The molecule has 0 aliphatic carbocycles. The average Bonchev–Trinajstić information content (AvgIpc) is 2.26. The highest BCUT2D eigenvalue weighted by Crippen LogP contribution is 2.15. The highest BCUT2D eigenvalue weighted by Gasteiger charge is 2.25. The molecule has 0 aromatic rings. The lowest BCUT2D eigenvalue weighted by Gasteiger charge is -2.29. The van der Waals surface area contributed by atoms with Crippen LogP contribution in [-0.4, -0.2) is 60.8 Å². The van der Waals surface area contributed by atoms with E-state index in [1.165, 1.54) is 13.1 Å². The first-order chi connectivity index (χ1) is 7.52. The molecule has 0 radical (unpaired) electrons. The number of hydrogen-bond donors (Lipinski definition) is 1. The summed E-state index contributed by atoms with van der Waals surface area (Å²) in [6, 6.07) is 0.522. The zero-order valence-electron chi connectivity index (χ0n) is 11.3. The van der Waals surface area contributed by atoms with Crippen molar-refractivity contribution in [3.8, 4) is 0 Å². The summed E-state index contributed by atoms with van der Waals surface area (Å²) in [6.45, 7) is 11.8. The van der Waals surface area contributed by atoms with Crippen molar-refractivity contribution in [1.29, 1.82) is 0 Å². The highest BCUT2D eigenvalue weighted by atomic mass is 16.3. The molecule has 0 aromatic heterocycles. The zero-order chi connectivity index (χ0) is 12.1. The molecule has 96 valence electrons. The fourth-order valence-electron chi connectivity index (χ4n) is 2.78. The Labute approximate surface area is 100 Å². The minimum absolute atomic E-state index is 0.304. The van der Waals surface area contributed by atoms with Crippen LogP contribution in [0, 0.1) is 11.8 Å². The average molecular weight is 228 g/mol. The van der Waals surface area contributed by atoms with Crippen LogP contribution < -0.4 is 0 Å². The van der Waals surface area contributed by atoms with Crippen molar-refractivity contribution >= 4 is 0 Å². The molecule has 1 saturated heterocycles. The Hall–Kier alpha value is -0.120. The first-order valence-corrected chi connectivity index (χ1v) is 6.56. The van der Waals surface area contributed by atoms with Crippen molar-refractivity contribution in [3.05, 3.63) is 0 Å². The van der Waals surface area contributed by atoms with Crippen LogP contribution in [-0.2, 0) is 0 Å². The lowest BCUT2D eigenvalue weighted by Crippen LogP contribution is -2.40. The molecule has 1 aliphatic rings. The smallest absolute Gasteiger partial charge is 0.0446 e. The predicted molar refractivity (Wildman–Crippen MR) is 68.6 cm³/mol. The molecule has 0 amide bonds. The second kappa shape index (κ2) is 6.58. The van der Waals surface area contributed by atoms with Crippen LogP contribution in [0.4, 0.5) is 0 Å². The second-order valence-corrected chi connectivity index (χ2v) is 5.82. The standard InChI is InChI=1S/C13H28N2O/c1-11(2)7-15-9-12(3)8-14(4)13(10-15)5-6-16/h11-13,16H,5-10H2,1-4H3. The van der Waals surface area contributed by atoms with Crippen molar-refractivity contribution in [2.75, 3.05) is 39.8 Å². The van der Waals surface area contributed by atoms with Gasteiger partial charge in [-0.15, -0.1) is 0 Å². The van der Waals surface area contributed by atoms with Crippen LogP contribution in [0.25, 0.3) is 0 Å². The molecule has 3 nitrogen and oxygen atoms in total. The van der Waals surface area contributed by atoms with Gasteiger partial charge in [-0.05, 0) is 25.3 Å². The van der Waals surface area contributed by atoms with E-state index >= 15 is 0 Å². The van der Waals surface area contributed by atoms with Crippen LogP contribution >= 0.6 is 0 Å². The third-order valence-corrected chi connectivity index (χ3v) is 3.35. The topological polar surface area (TPSA) is 26.7 Å². The molecule has 1 rings (SSSR count). The summed E-state index contributed by atoms with van der Waals surface area (Å²) in [4.78, 5) is 4.99. The van der Waals surface area contributed by atoms with Crippen LogP contribution in [0.1, 0.15) is 27.2 Å². The minimum atomic E-state index is 0.304. The van der Waals surface area contributed by atoms with E-state index in [1.807, 2.05) is 0 Å². The van der Waals surface area contributed by atoms with E-state index in [9.17, 15) is 0 Å². The Morgan fingerprint density at radius 1 is 1.25 bits per heavy atom. The highest BCUT2D eigenvalue weighted by molar-refractivity contribution is 4.81. The first-order valence-electron chi connectivity index (χ1n) is 6.56. The minimum Gasteiger partial charge on any atom is -0.396 e. The van der Waals surface area contributed by atoms with Crippen LogP contribution in [0.3, 0.4) is 0 Å². The fraction of sp³-hybridized carbons (Fsp3) is 1.00. The Bertz CT molecular complexity index is 196. The van der Waals surface area contributed by atoms with Gasteiger partial charge in [-0.1, -0.05) is 20.8 Å². The third kappa shape index (κ3) is 4.40. The van der Waals surface area contributed by atoms with Crippen LogP contribution in [0.5, 0.6) is 0 Å². The molecule has 0 aromatic carbocycles. The van der Waals surface area contributed by atoms with E-state index in [4.69, 9.17) is 5.11 Å². The van der Waals surface area contributed by atoms with Crippen molar-refractivity contribution in [2.24, 2.45) is 11.8 Å². The summed E-state index contributed by atoms with van der Waals surface area (Å²) in [5.41, 5.74) is 0. The number of aliphatic hydroxyl groups excluding tert-OH is 1. The maximum Gasteiger partial charge on any atom is 0.0446 e. The quantitative estimate of drug-likeness (QED) is 0.785. The molecule has 2 atom stereocenters. The van der Waals surface area contributed by atoms with Crippen LogP contribution in [0.15, 0.2) is 0 Å². The number of aliphatic hydroxyl groups is 1. The summed E-state index contributed by atoms with van der Waals surface area (Å²) < 4.78 is 0. The van der Waals surface area contributed by atoms with E-state index in [2.05, 4.69) is 37.6 Å². The van der Waals surface area contributed by atoms with Gasteiger partial charge in [0.15, 0.2) is 0 Å². The summed E-state index contributed by atoms with van der Waals surface area (Å²) in [5.74, 6) is 1.46. The van der Waals surface area contributed by atoms with Gasteiger partial charge in [-0.25, -0.2) is 0 Å². The zero-order valence-corrected chi connectivity index (χ0v) is 11.3. The van der Waals surface area contributed by atoms with E-state index < -0.39 is 0 Å². The van der Waals surface area contributed by atoms with E-state index in [1.54, 1.807) is 0 Å². The number of hydrogen-bond acceptors (Lipinski definition) is 3. The SMILES string of the molecule is CC(C)CN1CC(C)CN(C)C(CCO)C1. The third-order valence-electron chi connectivity index (χ3n) is 3.35. The Morgan fingerprint density at radius 3 is 2.50 bits per heavy atom. The van der Waals surface area contributed by atoms with E-state index in [0.717, 1.165) is 31.3 Å². The van der Waals surface area contributed by atoms with Gasteiger partial charge < -0.3 is 14.9 Å². The lowest BCUT2D eigenvalue weighted by atomic mass is 10.1. The molecule has 1 fully saturated rings. The van der Waals surface area contributed by atoms with E-state index in [0.29, 0.717) is 12.6 Å². The summed E-state index contributed by atoms with van der Waals surface area (Å²) in [6.07, 6.45) is 0.901. The van der Waals surface area contributed by atoms with Gasteiger partial charge >= 0.3 is 0 Å². The van der Waals surface area contributed by atoms with Crippen molar-refractivity contribution in [2.45, 2.75) is 33.2 Å². The molecule has 3 heteroatoms. The second-order valence-electron chi connectivity index (χ2n) is 5.82. The van der Waals surface area contributed by atoms with Crippen molar-refractivity contribution in [3.63, 3.8) is 0 Å². The molecule has 0 saturated carbocycles. The summed E-state index contributed by atoms with van der Waals surface area (Å²) >= 11 is 0. The summed E-state index contributed by atoms with van der Waals surface area (Å²) in [7, 11) is 2.19. The van der Waals surface area contributed by atoms with Crippen LogP contribution in [0.2, 0.25) is 0 Å². The predicted octanol–water partition coefficient (Wildman–Crippen LogP) is 1.28. The monoisotopic (exact) mass is 228 g/mol. The molecule has 0 spiro atoms.